The van der Waals surface area contributed by atoms with Gasteiger partial charge in [0.05, 0.1) is 5.56 Å². The highest BCUT2D eigenvalue weighted by molar-refractivity contribution is 6.30. The maximum absolute atomic E-state index is 12.5. The number of nitrogens with zero attached hydrogens (tertiary/aromatic N) is 1. The van der Waals surface area contributed by atoms with E-state index in [0.717, 1.165) is 12.1 Å². The summed E-state index contributed by atoms with van der Waals surface area (Å²) in [6.45, 7) is 1.76. The standard InChI is InChI=1S/C15H13ClF3NO3/c1-2-14(22-12-6-10(16)5-11(21)7-12)23-13-4-3-9(8-20-13)15(17,18)19/h3-8,14,21H,2H2,1H3. The van der Waals surface area contributed by atoms with Crippen molar-refractivity contribution in [2.45, 2.75) is 25.8 Å². The van der Waals surface area contributed by atoms with Crippen LogP contribution < -0.4 is 9.47 Å². The summed E-state index contributed by atoms with van der Waals surface area (Å²) in [5.74, 6) is 0.194. The van der Waals surface area contributed by atoms with Crippen LogP contribution >= 0.6 is 11.6 Å². The number of alkyl halides is 3. The molecule has 2 rings (SSSR count). The van der Waals surface area contributed by atoms with Gasteiger partial charge in [0, 0.05) is 29.8 Å². The van der Waals surface area contributed by atoms with Crippen molar-refractivity contribution in [3.05, 3.63) is 47.1 Å². The maximum atomic E-state index is 12.5. The predicted octanol–water partition coefficient (Wildman–Crippen LogP) is 4.65. The van der Waals surface area contributed by atoms with Crippen LogP contribution in [-0.2, 0) is 6.18 Å². The Bertz CT molecular complexity index is 642. The number of hydrogen-bond acceptors (Lipinski definition) is 4. The first-order valence-electron chi connectivity index (χ1n) is 6.64. The molecular formula is C15H13ClF3NO3. The second-order valence-electron chi connectivity index (χ2n) is 4.60. The number of rotatable bonds is 5. The van der Waals surface area contributed by atoms with E-state index in [1.807, 2.05) is 0 Å². The summed E-state index contributed by atoms with van der Waals surface area (Å²) in [5, 5.41) is 9.73. The van der Waals surface area contributed by atoms with Crippen molar-refractivity contribution < 1.29 is 27.8 Å². The molecule has 0 bridgehead atoms. The highest BCUT2D eigenvalue weighted by atomic mass is 35.5. The van der Waals surface area contributed by atoms with Crippen LogP contribution in [0.2, 0.25) is 5.02 Å². The normalized spacial score (nSPS) is 12.7. The van der Waals surface area contributed by atoms with Crippen molar-refractivity contribution in [3.63, 3.8) is 0 Å². The van der Waals surface area contributed by atoms with Crippen molar-refractivity contribution >= 4 is 11.6 Å². The van der Waals surface area contributed by atoms with E-state index in [0.29, 0.717) is 12.6 Å². The first-order chi connectivity index (χ1) is 10.8. The lowest BCUT2D eigenvalue weighted by atomic mass is 10.3. The second kappa shape index (κ2) is 6.95. The molecular weight excluding hydrogens is 335 g/mol. The first-order valence-corrected chi connectivity index (χ1v) is 7.02. The SMILES string of the molecule is CCC(Oc1cc(O)cc(Cl)c1)Oc1ccc(C(F)(F)F)cn1. The number of aromatic nitrogens is 1. The van der Waals surface area contributed by atoms with Crippen LogP contribution in [0, 0.1) is 0 Å². The van der Waals surface area contributed by atoms with Crippen molar-refractivity contribution in [3.8, 4) is 17.4 Å². The number of aromatic hydroxyl groups is 1. The Morgan fingerprint density at radius 3 is 2.48 bits per heavy atom. The number of ether oxygens (including phenoxy) is 2. The molecule has 1 aromatic carbocycles. The van der Waals surface area contributed by atoms with Crippen molar-refractivity contribution in [1.29, 1.82) is 0 Å². The highest BCUT2D eigenvalue weighted by Gasteiger charge is 2.30. The molecule has 0 spiro atoms. The minimum atomic E-state index is -4.45. The summed E-state index contributed by atoms with van der Waals surface area (Å²) in [7, 11) is 0. The van der Waals surface area contributed by atoms with E-state index in [4.69, 9.17) is 21.1 Å². The molecule has 0 aliphatic carbocycles. The van der Waals surface area contributed by atoms with E-state index in [2.05, 4.69) is 4.98 Å². The van der Waals surface area contributed by atoms with Crippen LogP contribution in [0.15, 0.2) is 36.5 Å². The zero-order valence-electron chi connectivity index (χ0n) is 12.0. The molecule has 0 radical (unpaired) electrons. The molecule has 0 saturated carbocycles. The van der Waals surface area contributed by atoms with Crippen LogP contribution in [0.4, 0.5) is 13.2 Å². The lowest BCUT2D eigenvalue weighted by Crippen LogP contribution is -2.23. The molecule has 124 valence electrons. The number of benzene rings is 1. The maximum Gasteiger partial charge on any atom is 0.417 e. The fourth-order valence-electron chi connectivity index (χ4n) is 1.71. The number of hydrogen-bond donors (Lipinski definition) is 1. The van der Waals surface area contributed by atoms with Gasteiger partial charge in [-0.3, -0.25) is 0 Å². The van der Waals surface area contributed by atoms with Gasteiger partial charge < -0.3 is 14.6 Å². The fourth-order valence-corrected chi connectivity index (χ4v) is 1.93. The average molecular weight is 348 g/mol. The van der Waals surface area contributed by atoms with E-state index < -0.39 is 18.0 Å². The molecule has 0 saturated heterocycles. The third-order valence-corrected chi connectivity index (χ3v) is 2.99. The molecule has 0 amide bonds. The second-order valence-corrected chi connectivity index (χ2v) is 5.04. The molecule has 1 atom stereocenters. The molecule has 1 aromatic heterocycles. The smallest absolute Gasteiger partial charge is 0.417 e. The van der Waals surface area contributed by atoms with E-state index in [-0.39, 0.29) is 22.4 Å². The zero-order valence-corrected chi connectivity index (χ0v) is 12.7. The van der Waals surface area contributed by atoms with Gasteiger partial charge in [-0.1, -0.05) is 18.5 Å². The van der Waals surface area contributed by atoms with Gasteiger partial charge >= 0.3 is 6.18 Å². The molecule has 1 unspecified atom stereocenters. The summed E-state index contributed by atoms with van der Waals surface area (Å²) < 4.78 is 48.3. The highest BCUT2D eigenvalue weighted by Crippen LogP contribution is 2.30. The van der Waals surface area contributed by atoms with Gasteiger partial charge in [0.15, 0.2) is 0 Å². The van der Waals surface area contributed by atoms with Crippen LogP contribution in [-0.4, -0.2) is 16.4 Å². The Labute approximate surface area is 135 Å². The Kier molecular flexibility index (Phi) is 5.20. The van der Waals surface area contributed by atoms with Gasteiger partial charge in [0.25, 0.3) is 0 Å². The van der Waals surface area contributed by atoms with E-state index in [9.17, 15) is 18.3 Å². The lowest BCUT2D eigenvalue weighted by Gasteiger charge is -2.19. The largest absolute Gasteiger partial charge is 0.508 e. The number of phenolic OH excluding ortho intramolecular Hbond substituents is 1. The minimum absolute atomic E-state index is 0.00361. The third kappa shape index (κ3) is 4.92. The lowest BCUT2D eigenvalue weighted by molar-refractivity contribution is -0.137. The van der Waals surface area contributed by atoms with Crippen LogP contribution in [0.1, 0.15) is 18.9 Å². The molecule has 0 aliphatic heterocycles. The summed E-state index contributed by atoms with van der Waals surface area (Å²) in [5.41, 5.74) is -0.862. The fraction of sp³-hybridized carbons (Fsp3) is 0.267. The summed E-state index contributed by atoms with van der Waals surface area (Å²) in [6, 6.07) is 6.16. The third-order valence-electron chi connectivity index (χ3n) is 2.77. The quantitative estimate of drug-likeness (QED) is 0.800. The molecule has 1 heterocycles. The Balaban J connectivity index is 2.07. The zero-order chi connectivity index (χ0) is 17.0. The van der Waals surface area contributed by atoms with Crippen LogP contribution in [0.5, 0.6) is 17.4 Å². The monoisotopic (exact) mass is 347 g/mol. The van der Waals surface area contributed by atoms with Crippen LogP contribution in [0.25, 0.3) is 0 Å². The van der Waals surface area contributed by atoms with Crippen LogP contribution in [0.3, 0.4) is 0 Å². The molecule has 23 heavy (non-hydrogen) atoms. The molecule has 2 aromatic rings. The van der Waals surface area contributed by atoms with Gasteiger partial charge in [0.1, 0.15) is 11.5 Å². The Hall–Kier alpha value is -2.15. The Morgan fingerprint density at radius 2 is 1.96 bits per heavy atom. The van der Waals surface area contributed by atoms with Crippen molar-refractivity contribution in [2.75, 3.05) is 0 Å². The minimum Gasteiger partial charge on any atom is -0.508 e. The van der Waals surface area contributed by atoms with E-state index in [1.165, 1.54) is 18.2 Å². The molecule has 1 N–H and O–H groups in total. The summed E-state index contributed by atoms with van der Waals surface area (Å²) in [6.07, 6.45) is -4.16. The topological polar surface area (TPSA) is 51.6 Å². The van der Waals surface area contributed by atoms with Gasteiger partial charge in [-0.2, -0.15) is 13.2 Å². The van der Waals surface area contributed by atoms with Crippen molar-refractivity contribution in [1.82, 2.24) is 4.98 Å². The number of phenols is 1. The molecule has 0 aliphatic rings. The number of halogens is 4. The molecule has 8 heteroatoms. The van der Waals surface area contributed by atoms with Gasteiger partial charge in [-0.05, 0) is 18.2 Å². The predicted molar refractivity (Wildman–Crippen MR) is 77.7 cm³/mol. The molecule has 4 nitrogen and oxygen atoms in total. The van der Waals surface area contributed by atoms with Crippen molar-refractivity contribution in [2.24, 2.45) is 0 Å². The van der Waals surface area contributed by atoms with E-state index in [1.54, 1.807) is 6.92 Å². The van der Waals surface area contributed by atoms with E-state index >= 15 is 0 Å². The van der Waals surface area contributed by atoms with Gasteiger partial charge in [-0.15, -0.1) is 0 Å². The van der Waals surface area contributed by atoms with Gasteiger partial charge in [-0.25, -0.2) is 4.98 Å². The Morgan fingerprint density at radius 1 is 1.22 bits per heavy atom. The summed E-state index contributed by atoms with van der Waals surface area (Å²) in [4.78, 5) is 3.61. The average Bonchev–Trinajstić information content (AvgIpc) is 2.45. The summed E-state index contributed by atoms with van der Waals surface area (Å²) >= 11 is 5.80. The molecule has 0 fully saturated rings. The first kappa shape index (κ1) is 17.2. The number of pyridine rings is 1. The van der Waals surface area contributed by atoms with Gasteiger partial charge in [0.2, 0.25) is 12.2 Å².